The lowest BCUT2D eigenvalue weighted by atomic mass is 9.81. The number of rotatable bonds is 5. The van der Waals surface area contributed by atoms with E-state index in [1.54, 1.807) is 0 Å². The summed E-state index contributed by atoms with van der Waals surface area (Å²) in [4.78, 5) is 0. The van der Waals surface area contributed by atoms with Gasteiger partial charge in [-0.15, -0.1) is 0 Å². The van der Waals surface area contributed by atoms with Crippen molar-refractivity contribution in [3.8, 4) is 0 Å². The van der Waals surface area contributed by atoms with Crippen LogP contribution in [-0.2, 0) is 10.8 Å². The van der Waals surface area contributed by atoms with Gasteiger partial charge in [0.15, 0.2) is 0 Å². The minimum Gasteiger partial charge on any atom is -0.313 e. The molecule has 112 valence electrons. The van der Waals surface area contributed by atoms with Gasteiger partial charge in [0.1, 0.15) is 0 Å². The van der Waals surface area contributed by atoms with Gasteiger partial charge in [-0.2, -0.15) is 0 Å². The Labute approximate surface area is 125 Å². The maximum Gasteiger partial charge on any atom is 0.0509 e. The zero-order valence-corrected chi connectivity index (χ0v) is 13.7. The standard InChI is InChI=1S/C17H27NOS/c1-4-18-16-11-10-15(14-8-6-5-7-9-14)12-17(16)20(19)13(2)3/h5-9,13,15-18H,4,10-12H2,1-3H3. The summed E-state index contributed by atoms with van der Waals surface area (Å²) >= 11 is 0. The van der Waals surface area contributed by atoms with E-state index in [-0.39, 0.29) is 10.5 Å². The second kappa shape index (κ2) is 7.37. The quantitative estimate of drug-likeness (QED) is 0.901. The minimum absolute atomic E-state index is 0.246. The first-order valence-corrected chi connectivity index (χ1v) is 9.08. The summed E-state index contributed by atoms with van der Waals surface area (Å²) in [5, 5.41) is 4.08. The van der Waals surface area contributed by atoms with E-state index in [1.807, 2.05) is 0 Å². The maximum atomic E-state index is 12.6. The summed E-state index contributed by atoms with van der Waals surface area (Å²) in [5.74, 6) is 0.568. The van der Waals surface area contributed by atoms with Gasteiger partial charge >= 0.3 is 0 Å². The van der Waals surface area contributed by atoms with Gasteiger partial charge in [-0.1, -0.05) is 51.1 Å². The molecule has 0 radical (unpaired) electrons. The third-order valence-electron chi connectivity index (χ3n) is 4.29. The van der Waals surface area contributed by atoms with E-state index in [0.717, 1.165) is 19.4 Å². The van der Waals surface area contributed by atoms with Gasteiger partial charge in [0, 0.05) is 22.1 Å². The molecule has 0 aromatic heterocycles. The molecular formula is C17H27NOS. The van der Waals surface area contributed by atoms with Crippen LogP contribution in [0.25, 0.3) is 0 Å². The molecule has 1 aromatic carbocycles. The zero-order chi connectivity index (χ0) is 14.5. The summed E-state index contributed by atoms with van der Waals surface area (Å²) in [7, 11) is -0.747. The SMILES string of the molecule is CCNC1CCC(c2ccccc2)CC1S(=O)C(C)C. The molecule has 0 amide bonds. The Morgan fingerprint density at radius 3 is 2.55 bits per heavy atom. The molecule has 1 saturated carbocycles. The summed E-state index contributed by atoms with van der Waals surface area (Å²) in [6.45, 7) is 7.25. The van der Waals surface area contributed by atoms with Crippen molar-refractivity contribution >= 4 is 10.8 Å². The van der Waals surface area contributed by atoms with Gasteiger partial charge in [-0.25, -0.2) is 0 Å². The maximum absolute atomic E-state index is 12.6. The zero-order valence-electron chi connectivity index (χ0n) is 12.8. The van der Waals surface area contributed by atoms with Crippen molar-refractivity contribution in [2.45, 2.75) is 62.5 Å². The molecule has 2 nitrogen and oxygen atoms in total. The minimum atomic E-state index is -0.747. The Kier molecular flexibility index (Phi) is 5.79. The number of benzene rings is 1. The smallest absolute Gasteiger partial charge is 0.0509 e. The monoisotopic (exact) mass is 293 g/mol. The number of hydrogen-bond donors (Lipinski definition) is 1. The van der Waals surface area contributed by atoms with Crippen molar-refractivity contribution < 1.29 is 4.21 Å². The Morgan fingerprint density at radius 1 is 1.25 bits per heavy atom. The van der Waals surface area contributed by atoms with Crippen LogP contribution in [0.2, 0.25) is 0 Å². The largest absolute Gasteiger partial charge is 0.313 e. The fraction of sp³-hybridized carbons (Fsp3) is 0.647. The van der Waals surface area contributed by atoms with E-state index < -0.39 is 10.8 Å². The fourth-order valence-electron chi connectivity index (χ4n) is 3.26. The molecule has 0 bridgehead atoms. The first-order valence-electron chi connectivity index (χ1n) is 7.81. The van der Waals surface area contributed by atoms with Crippen LogP contribution in [0, 0.1) is 0 Å². The molecule has 0 aliphatic heterocycles. The highest BCUT2D eigenvalue weighted by molar-refractivity contribution is 7.86. The van der Waals surface area contributed by atoms with Crippen LogP contribution in [0.4, 0.5) is 0 Å². The van der Waals surface area contributed by atoms with Crippen molar-refractivity contribution in [2.75, 3.05) is 6.54 Å². The van der Waals surface area contributed by atoms with Gasteiger partial charge in [-0.05, 0) is 37.3 Å². The number of nitrogens with one attached hydrogen (secondary N) is 1. The third kappa shape index (κ3) is 3.70. The molecule has 1 fully saturated rings. The lowest BCUT2D eigenvalue weighted by Crippen LogP contribution is -2.47. The van der Waals surface area contributed by atoms with Crippen molar-refractivity contribution in [3.05, 3.63) is 35.9 Å². The Morgan fingerprint density at radius 2 is 1.95 bits per heavy atom. The molecule has 4 unspecified atom stereocenters. The predicted molar refractivity (Wildman–Crippen MR) is 87.6 cm³/mol. The Bertz CT molecular complexity index is 432. The fourth-order valence-corrected chi connectivity index (χ4v) is 4.94. The van der Waals surface area contributed by atoms with Crippen molar-refractivity contribution in [2.24, 2.45) is 0 Å². The average Bonchev–Trinajstić information content (AvgIpc) is 2.48. The molecule has 1 aliphatic carbocycles. The highest BCUT2D eigenvalue weighted by Gasteiger charge is 2.35. The summed E-state index contributed by atoms with van der Waals surface area (Å²) in [6, 6.07) is 11.1. The van der Waals surface area contributed by atoms with Crippen molar-refractivity contribution in [3.63, 3.8) is 0 Å². The highest BCUT2D eigenvalue weighted by atomic mass is 32.2. The first kappa shape index (κ1) is 15.7. The van der Waals surface area contributed by atoms with Crippen molar-refractivity contribution in [1.29, 1.82) is 0 Å². The predicted octanol–water partition coefficient (Wildman–Crippen LogP) is 3.46. The van der Waals surface area contributed by atoms with Crippen LogP contribution in [0.3, 0.4) is 0 Å². The second-order valence-electron chi connectivity index (χ2n) is 6.00. The lowest BCUT2D eigenvalue weighted by Gasteiger charge is -2.37. The molecule has 0 spiro atoms. The Balaban J connectivity index is 2.13. The lowest BCUT2D eigenvalue weighted by molar-refractivity contribution is 0.352. The molecule has 4 atom stereocenters. The molecule has 20 heavy (non-hydrogen) atoms. The first-order chi connectivity index (χ1) is 9.63. The van der Waals surface area contributed by atoms with Crippen LogP contribution in [0.5, 0.6) is 0 Å². The molecule has 1 N–H and O–H groups in total. The van der Waals surface area contributed by atoms with Crippen LogP contribution in [-0.4, -0.2) is 27.3 Å². The molecule has 0 heterocycles. The van der Waals surface area contributed by atoms with Gasteiger partial charge in [0.2, 0.25) is 0 Å². The Hall–Kier alpha value is -0.670. The normalized spacial score (nSPS) is 28.5. The van der Waals surface area contributed by atoms with Crippen LogP contribution in [0.1, 0.15) is 51.5 Å². The van der Waals surface area contributed by atoms with E-state index in [2.05, 4.69) is 56.4 Å². The second-order valence-corrected chi connectivity index (χ2v) is 8.21. The molecule has 1 aromatic rings. The molecule has 0 saturated heterocycles. The van der Waals surface area contributed by atoms with Gasteiger partial charge in [0.25, 0.3) is 0 Å². The third-order valence-corrected chi connectivity index (χ3v) is 6.34. The van der Waals surface area contributed by atoms with E-state index in [9.17, 15) is 4.21 Å². The van der Waals surface area contributed by atoms with Gasteiger partial charge in [-0.3, -0.25) is 4.21 Å². The molecular weight excluding hydrogens is 266 g/mol. The van der Waals surface area contributed by atoms with Crippen LogP contribution in [0.15, 0.2) is 30.3 Å². The summed E-state index contributed by atoms with van der Waals surface area (Å²) < 4.78 is 12.6. The van der Waals surface area contributed by atoms with Gasteiger partial charge < -0.3 is 5.32 Å². The van der Waals surface area contributed by atoms with E-state index >= 15 is 0 Å². The molecule has 1 aliphatic rings. The topological polar surface area (TPSA) is 29.1 Å². The highest BCUT2D eigenvalue weighted by Crippen LogP contribution is 2.35. The summed E-state index contributed by atoms with van der Waals surface area (Å²) in [6.07, 6.45) is 3.39. The molecule has 2 rings (SSSR count). The van der Waals surface area contributed by atoms with Gasteiger partial charge in [0.05, 0.1) is 5.25 Å². The van der Waals surface area contributed by atoms with E-state index in [1.165, 1.54) is 12.0 Å². The van der Waals surface area contributed by atoms with E-state index in [4.69, 9.17) is 0 Å². The van der Waals surface area contributed by atoms with E-state index in [0.29, 0.717) is 12.0 Å². The summed E-state index contributed by atoms with van der Waals surface area (Å²) in [5.41, 5.74) is 1.41. The molecule has 3 heteroatoms. The number of hydrogen-bond acceptors (Lipinski definition) is 2. The van der Waals surface area contributed by atoms with Crippen LogP contribution >= 0.6 is 0 Å². The average molecular weight is 293 g/mol. The van der Waals surface area contributed by atoms with Crippen LogP contribution < -0.4 is 5.32 Å². The van der Waals surface area contributed by atoms with Crippen molar-refractivity contribution in [1.82, 2.24) is 5.32 Å².